The number of aromatic nitrogens is 2. The van der Waals surface area contributed by atoms with Crippen molar-refractivity contribution < 1.29 is 0 Å². The van der Waals surface area contributed by atoms with Crippen LogP contribution < -0.4 is 5.32 Å². The van der Waals surface area contributed by atoms with Gasteiger partial charge in [0.1, 0.15) is 5.82 Å². The largest absolute Gasteiger partial charge is 0.311 e. The molecule has 2 aromatic heterocycles. The van der Waals surface area contributed by atoms with Crippen molar-refractivity contribution in [1.29, 1.82) is 0 Å². The first-order valence-electron chi connectivity index (χ1n) is 5.94. The Morgan fingerprint density at radius 2 is 2.12 bits per heavy atom. The summed E-state index contributed by atoms with van der Waals surface area (Å²) in [6.45, 7) is 8.23. The van der Waals surface area contributed by atoms with Gasteiger partial charge in [-0.05, 0) is 25.6 Å². The van der Waals surface area contributed by atoms with Gasteiger partial charge in [0.25, 0.3) is 0 Å². The molecule has 0 radical (unpaired) electrons. The highest BCUT2D eigenvalue weighted by atomic mass is 15.0. The van der Waals surface area contributed by atoms with Gasteiger partial charge in [0.15, 0.2) is 0 Å². The lowest BCUT2D eigenvalue weighted by atomic mass is 10.3. The van der Waals surface area contributed by atoms with Crippen LogP contribution in [0.5, 0.6) is 0 Å². The van der Waals surface area contributed by atoms with E-state index >= 15 is 0 Å². The number of rotatable bonds is 4. The first kappa shape index (κ1) is 11.1. The monoisotopic (exact) mass is 217 g/mol. The molecular weight excluding hydrogens is 198 g/mol. The maximum absolute atomic E-state index is 4.71. The summed E-state index contributed by atoms with van der Waals surface area (Å²) in [5.41, 5.74) is 3.64. The molecule has 86 valence electrons. The second kappa shape index (κ2) is 4.66. The summed E-state index contributed by atoms with van der Waals surface area (Å²) in [4.78, 5) is 4.71. The number of hydrogen-bond donors (Lipinski definition) is 1. The van der Waals surface area contributed by atoms with Crippen LogP contribution in [0, 0.1) is 6.92 Å². The zero-order chi connectivity index (χ0) is 11.5. The molecule has 2 heterocycles. The molecule has 0 aromatic carbocycles. The van der Waals surface area contributed by atoms with Crippen LogP contribution in [0.2, 0.25) is 0 Å². The van der Waals surface area contributed by atoms with Crippen molar-refractivity contribution in [3.8, 4) is 0 Å². The van der Waals surface area contributed by atoms with Gasteiger partial charge in [-0.25, -0.2) is 4.98 Å². The average Bonchev–Trinajstić information content (AvgIpc) is 2.66. The van der Waals surface area contributed by atoms with Crippen LogP contribution in [0.1, 0.15) is 31.1 Å². The van der Waals surface area contributed by atoms with E-state index in [4.69, 9.17) is 4.98 Å². The third-order valence-electron chi connectivity index (χ3n) is 2.86. The lowest BCUT2D eigenvalue weighted by Crippen LogP contribution is -2.12. The zero-order valence-electron chi connectivity index (χ0n) is 10.2. The molecule has 0 unspecified atom stereocenters. The van der Waals surface area contributed by atoms with Crippen molar-refractivity contribution in [2.24, 2.45) is 0 Å². The number of imidazole rings is 1. The lowest BCUT2D eigenvalue weighted by molar-refractivity contribution is 0.715. The number of fused-ring (bicyclic) bond motifs is 1. The molecule has 2 rings (SSSR count). The summed E-state index contributed by atoms with van der Waals surface area (Å²) in [6.07, 6.45) is 0.970. The fraction of sp³-hybridized carbons (Fsp3) is 0.462. The molecule has 0 aliphatic rings. The molecule has 0 aliphatic heterocycles. The highest BCUT2D eigenvalue weighted by Crippen LogP contribution is 2.16. The topological polar surface area (TPSA) is 29.3 Å². The summed E-state index contributed by atoms with van der Waals surface area (Å²) in [5.74, 6) is 1.15. The molecule has 3 heteroatoms. The van der Waals surface area contributed by atoms with Crippen molar-refractivity contribution in [2.45, 2.75) is 33.7 Å². The van der Waals surface area contributed by atoms with E-state index < -0.39 is 0 Å². The Labute approximate surface area is 96.5 Å². The Morgan fingerprint density at radius 1 is 1.31 bits per heavy atom. The van der Waals surface area contributed by atoms with Crippen molar-refractivity contribution >= 4 is 5.52 Å². The third-order valence-corrected chi connectivity index (χ3v) is 2.86. The molecule has 3 nitrogen and oxygen atoms in total. The first-order chi connectivity index (χ1) is 7.77. The molecule has 0 atom stereocenters. The number of nitrogens with one attached hydrogen (secondary N) is 1. The van der Waals surface area contributed by atoms with Gasteiger partial charge in [-0.2, -0.15) is 0 Å². The molecule has 0 saturated carbocycles. The SMILES string of the molecule is CCNCc1nc(CC)n2c(C)cccc12. The van der Waals surface area contributed by atoms with Crippen LogP contribution in [0.4, 0.5) is 0 Å². The second-order valence-corrected chi connectivity index (χ2v) is 4.00. The van der Waals surface area contributed by atoms with Gasteiger partial charge < -0.3 is 9.72 Å². The number of nitrogens with zero attached hydrogens (tertiary/aromatic N) is 2. The van der Waals surface area contributed by atoms with E-state index in [0.29, 0.717) is 0 Å². The van der Waals surface area contributed by atoms with E-state index in [9.17, 15) is 0 Å². The molecular formula is C13H19N3. The number of hydrogen-bond acceptors (Lipinski definition) is 2. The van der Waals surface area contributed by atoms with Crippen molar-refractivity contribution in [2.75, 3.05) is 6.54 Å². The summed E-state index contributed by atoms with van der Waals surface area (Å²) in [5, 5.41) is 3.34. The Morgan fingerprint density at radius 3 is 2.81 bits per heavy atom. The van der Waals surface area contributed by atoms with Gasteiger partial charge in [0, 0.05) is 18.7 Å². The summed E-state index contributed by atoms with van der Waals surface area (Å²) < 4.78 is 2.26. The average molecular weight is 217 g/mol. The van der Waals surface area contributed by atoms with Gasteiger partial charge in [-0.3, -0.25) is 0 Å². The third kappa shape index (κ3) is 1.83. The van der Waals surface area contributed by atoms with E-state index in [2.05, 4.69) is 48.7 Å². The van der Waals surface area contributed by atoms with Crippen LogP contribution in [-0.4, -0.2) is 15.9 Å². The predicted octanol–water partition coefficient (Wildman–Crippen LogP) is 2.31. The highest BCUT2D eigenvalue weighted by Gasteiger charge is 2.09. The van der Waals surface area contributed by atoms with E-state index in [1.54, 1.807) is 0 Å². The van der Waals surface area contributed by atoms with Gasteiger partial charge in [-0.1, -0.05) is 19.9 Å². The molecule has 0 spiro atoms. The maximum Gasteiger partial charge on any atom is 0.113 e. The maximum atomic E-state index is 4.71. The summed E-state index contributed by atoms with van der Waals surface area (Å²) >= 11 is 0. The standard InChI is InChI=1S/C13H19N3/c1-4-13-15-11(9-14-5-2)12-8-6-7-10(3)16(12)13/h6-8,14H,4-5,9H2,1-3H3. The van der Waals surface area contributed by atoms with Crippen LogP contribution in [0.15, 0.2) is 18.2 Å². The smallest absolute Gasteiger partial charge is 0.113 e. The molecule has 0 amide bonds. The minimum atomic E-state index is 0.851. The van der Waals surface area contributed by atoms with Gasteiger partial charge in [-0.15, -0.1) is 0 Å². The molecule has 0 bridgehead atoms. The minimum Gasteiger partial charge on any atom is -0.311 e. The number of aryl methyl sites for hydroxylation is 2. The fourth-order valence-corrected chi connectivity index (χ4v) is 2.06. The predicted molar refractivity (Wildman–Crippen MR) is 66.7 cm³/mol. The normalized spacial score (nSPS) is 11.2. The Kier molecular flexibility index (Phi) is 3.25. The van der Waals surface area contributed by atoms with Crippen LogP contribution in [0.25, 0.3) is 5.52 Å². The van der Waals surface area contributed by atoms with Crippen molar-refractivity contribution in [3.05, 3.63) is 35.4 Å². The van der Waals surface area contributed by atoms with E-state index in [-0.39, 0.29) is 0 Å². The molecule has 1 N–H and O–H groups in total. The lowest BCUT2D eigenvalue weighted by Gasteiger charge is -2.03. The summed E-state index contributed by atoms with van der Waals surface area (Å²) in [6, 6.07) is 6.37. The molecule has 0 fully saturated rings. The molecule has 0 aliphatic carbocycles. The van der Waals surface area contributed by atoms with Crippen LogP contribution in [0.3, 0.4) is 0 Å². The summed E-state index contributed by atoms with van der Waals surface area (Å²) in [7, 11) is 0. The quantitative estimate of drug-likeness (QED) is 0.851. The van der Waals surface area contributed by atoms with Gasteiger partial charge >= 0.3 is 0 Å². The Bertz CT molecular complexity index is 485. The van der Waals surface area contributed by atoms with Crippen LogP contribution >= 0.6 is 0 Å². The number of pyridine rings is 1. The van der Waals surface area contributed by atoms with Gasteiger partial charge in [0.2, 0.25) is 0 Å². The minimum absolute atomic E-state index is 0.851. The van der Waals surface area contributed by atoms with Crippen LogP contribution in [-0.2, 0) is 13.0 Å². The van der Waals surface area contributed by atoms with E-state index in [0.717, 1.165) is 31.0 Å². The first-order valence-corrected chi connectivity index (χ1v) is 5.94. The zero-order valence-corrected chi connectivity index (χ0v) is 10.2. The molecule has 2 aromatic rings. The van der Waals surface area contributed by atoms with Crippen molar-refractivity contribution in [3.63, 3.8) is 0 Å². The second-order valence-electron chi connectivity index (χ2n) is 4.00. The van der Waals surface area contributed by atoms with E-state index in [1.165, 1.54) is 11.2 Å². The highest BCUT2D eigenvalue weighted by molar-refractivity contribution is 5.54. The fourth-order valence-electron chi connectivity index (χ4n) is 2.06. The van der Waals surface area contributed by atoms with E-state index in [1.807, 2.05) is 0 Å². The molecule has 16 heavy (non-hydrogen) atoms. The Balaban J connectivity index is 2.54. The Hall–Kier alpha value is -1.35. The van der Waals surface area contributed by atoms with Gasteiger partial charge in [0.05, 0.1) is 11.2 Å². The molecule has 0 saturated heterocycles. The van der Waals surface area contributed by atoms with Crippen molar-refractivity contribution in [1.82, 2.24) is 14.7 Å².